The van der Waals surface area contributed by atoms with E-state index in [9.17, 15) is 4.79 Å². The van der Waals surface area contributed by atoms with Crippen molar-refractivity contribution in [1.82, 2.24) is 15.3 Å². The fraction of sp³-hybridized carbons (Fsp3) is 0.353. The molecule has 0 saturated heterocycles. The molecule has 6 nitrogen and oxygen atoms in total. The van der Waals surface area contributed by atoms with Gasteiger partial charge in [-0.05, 0) is 30.5 Å². The number of halogens is 1. The van der Waals surface area contributed by atoms with Gasteiger partial charge in [-0.15, -0.1) is 0 Å². The average Bonchev–Trinajstić information content (AvgIpc) is 2.59. The zero-order valence-electron chi connectivity index (χ0n) is 13.6. The van der Waals surface area contributed by atoms with Crippen molar-refractivity contribution in [2.75, 3.05) is 32.1 Å². The Morgan fingerprint density at radius 1 is 1.25 bits per heavy atom. The van der Waals surface area contributed by atoms with E-state index >= 15 is 0 Å². The molecule has 0 aliphatic carbocycles. The third kappa shape index (κ3) is 6.14. The average molecular weight is 349 g/mol. The van der Waals surface area contributed by atoms with Gasteiger partial charge in [0.2, 0.25) is 5.95 Å². The van der Waals surface area contributed by atoms with Gasteiger partial charge >= 0.3 is 0 Å². The second-order valence-corrected chi connectivity index (χ2v) is 5.64. The summed E-state index contributed by atoms with van der Waals surface area (Å²) in [7, 11) is 1.63. The van der Waals surface area contributed by atoms with E-state index in [0.29, 0.717) is 31.2 Å². The molecule has 0 fully saturated rings. The Morgan fingerprint density at radius 3 is 2.75 bits per heavy atom. The lowest BCUT2D eigenvalue weighted by Crippen LogP contribution is -2.25. The molecule has 128 valence electrons. The van der Waals surface area contributed by atoms with Crippen LogP contribution in [0.5, 0.6) is 0 Å². The van der Waals surface area contributed by atoms with Crippen LogP contribution in [0, 0.1) is 0 Å². The lowest BCUT2D eigenvalue weighted by molar-refractivity contribution is 0.0948. The highest BCUT2D eigenvalue weighted by molar-refractivity contribution is 6.30. The molecule has 0 saturated carbocycles. The Morgan fingerprint density at radius 2 is 2.04 bits per heavy atom. The summed E-state index contributed by atoms with van der Waals surface area (Å²) in [5, 5.41) is 6.64. The number of rotatable bonds is 9. The predicted octanol–water partition coefficient (Wildman–Crippen LogP) is 2.55. The molecule has 2 aromatic rings. The molecule has 2 rings (SSSR count). The van der Waals surface area contributed by atoms with Gasteiger partial charge in [0, 0.05) is 44.2 Å². The highest BCUT2D eigenvalue weighted by Gasteiger charge is 2.06. The van der Waals surface area contributed by atoms with Crippen LogP contribution < -0.4 is 10.6 Å². The largest absolute Gasteiger partial charge is 0.385 e. The zero-order valence-corrected chi connectivity index (χ0v) is 14.3. The minimum atomic E-state index is -0.184. The Bertz CT molecular complexity index is 649. The van der Waals surface area contributed by atoms with Crippen LogP contribution in [0.1, 0.15) is 22.3 Å². The van der Waals surface area contributed by atoms with Gasteiger partial charge in [-0.25, -0.2) is 9.97 Å². The number of nitrogens with one attached hydrogen (secondary N) is 2. The van der Waals surface area contributed by atoms with Crippen LogP contribution in [-0.2, 0) is 11.2 Å². The number of aromatic nitrogens is 2. The summed E-state index contributed by atoms with van der Waals surface area (Å²) in [4.78, 5) is 20.2. The predicted molar refractivity (Wildman–Crippen MR) is 94.5 cm³/mol. The molecular weight excluding hydrogens is 328 g/mol. The minimum absolute atomic E-state index is 0.184. The van der Waals surface area contributed by atoms with E-state index in [4.69, 9.17) is 16.3 Å². The molecule has 0 unspecified atom stereocenters. The Hall–Kier alpha value is -2.18. The minimum Gasteiger partial charge on any atom is -0.385 e. The maximum absolute atomic E-state index is 11.9. The van der Waals surface area contributed by atoms with E-state index in [1.807, 2.05) is 24.3 Å². The van der Waals surface area contributed by atoms with Crippen molar-refractivity contribution in [3.8, 4) is 0 Å². The third-order valence-corrected chi connectivity index (χ3v) is 3.55. The quantitative estimate of drug-likeness (QED) is 0.681. The zero-order chi connectivity index (χ0) is 17.2. The molecule has 2 N–H and O–H groups in total. The Labute approximate surface area is 146 Å². The van der Waals surface area contributed by atoms with Crippen molar-refractivity contribution in [2.24, 2.45) is 0 Å². The van der Waals surface area contributed by atoms with Crippen molar-refractivity contribution in [3.05, 3.63) is 52.8 Å². The summed E-state index contributed by atoms with van der Waals surface area (Å²) in [5.41, 5.74) is 1.58. The van der Waals surface area contributed by atoms with E-state index in [2.05, 4.69) is 20.6 Å². The first kappa shape index (κ1) is 18.2. The molecule has 7 heteroatoms. The number of nitrogens with zero attached hydrogens (tertiary/aromatic N) is 2. The normalized spacial score (nSPS) is 10.4. The van der Waals surface area contributed by atoms with Crippen LogP contribution in [0.15, 0.2) is 36.7 Å². The summed E-state index contributed by atoms with van der Waals surface area (Å²) in [6.07, 6.45) is 4.61. The number of hydrogen-bond acceptors (Lipinski definition) is 5. The lowest BCUT2D eigenvalue weighted by atomic mass is 10.1. The van der Waals surface area contributed by atoms with Crippen LogP contribution in [0.2, 0.25) is 5.02 Å². The molecule has 0 bridgehead atoms. The van der Waals surface area contributed by atoms with Crippen molar-refractivity contribution in [2.45, 2.75) is 12.8 Å². The summed E-state index contributed by atoms with van der Waals surface area (Å²) in [6.45, 7) is 1.86. The van der Waals surface area contributed by atoms with Crippen molar-refractivity contribution < 1.29 is 9.53 Å². The van der Waals surface area contributed by atoms with E-state index in [1.54, 1.807) is 7.11 Å². The molecule has 0 aliphatic heterocycles. The van der Waals surface area contributed by atoms with Gasteiger partial charge in [-0.1, -0.05) is 23.7 Å². The molecule has 1 aromatic heterocycles. The van der Waals surface area contributed by atoms with Crippen LogP contribution in [0.3, 0.4) is 0 Å². The Kier molecular flexibility index (Phi) is 7.45. The monoisotopic (exact) mass is 348 g/mol. The van der Waals surface area contributed by atoms with Gasteiger partial charge in [0.25, 0.3) is 5.91 Å². The van der Waals surface area contributed by atoms with Gasteiger partial charge in [0.05, 0.1) is 5.56 Å². The Balaban J connectivity index is 1.76. The van der Waals surface area contributed by atoms with Crippen molar-refractivity contribution in [1.29, 1.82) is 0 Å². The van der Waals surface area contributed by atoms with Crippen molar-refractivity contribution in [3.63, 3.8) is 0 Å². The number of ether oxygens (including phenoxy) is 1. The summed E-state index contributed by atoms with van der Waals surface area (Å²) >= 11 is 5.95. The SMILES string of the molecule is COCCCNC(=O)c1cnc(NCCc2cccc(Cl)c2)nc1. The maximum Gasteiger partial charge on any atom is 0.254 e. The third-order valence-electron chi connectivity index (χ3n) is 3.31. The summed E-state index contributed by atoms with van der Waals surface area (Å²) in [6, 6.07) is 7.72. The number of anilines is 1. The van der Waals surface area contributed by atoms with Crippen LogP contribution in [0.4, 0.5) is 5.95 Å². The molecule has 0 aliphatic rings. The van der Waals surface area contributed by atoms with Gasteiger partial charge in [-0.3, -0.25) is 4.79 Å². The van der Waals surface area contributed by atoms with E-state index in [0.717, 1.165) is 23.4 Å². The molecule has 24 heavy (non-hydrogen) atoms. The lowest BCUT2D eigenvalue weighted by Gasteiger charge is -2.07. The highest BCUT2D eigenvalue weighted by Crippen LogP contribution is 2.11. The van der Waals surface area contributed by atoms with Gasteiger partial charge < -0.3 is 15.4 Å². The van der Waals surface area contributed by atoms with Crippen LogP contribution >= 0.6 is 11.6 Å². The van der Waals surface area contributed by atoms with E-state index in [1.165, 1.54) is 12.4 Å². The molecule has 0 atom stereocenters. The first-order chi connectivity index (χ1) is 11.7. The first-order valence-corrected chi connectivity index (χ1v) is 8.14. The molecule has 1 heterocycles. The number of amides is 1. The second kappa shape index (κ2) is 9.85. The standard InChI is InChI=1S/C17H21ClN4O2/c1-24-9-3-7-19-16(23)14-11-21-17(22-12-14)20-8-6-13-4-2-5-15(18)10-13/h2,4-5,10-12H,3,6-9H2,1H3,(H,19,23)(H,20,21,22). The van der Waals surface area contributed by atoms with Gasteiger partial charge in [0.15, 0.2) is 0 Å². The fourth-order valence-corrected chi connectivity index (χ4v) is 2.28. The first-order valence-electron chi connectivity index (χ1n) is 7.76. The topological polar surface area (TPSA) is 76.1 Å². The summed E-state index contributed by atoms with van der Waals surface area (Å²) in [5.74, 6) is 0.310. The molecule has 1 aromatic carbocycles. The van der Waals surface area contributed by atoms with Gasteiger partial charge in [-0.2, -0.15) is 0 Å². The number of carbonyl (C=O) groups excluding carboxylic acids is 1. The second-order valence-electron chi connectivity index (χ2n) is 5.20. The van der Waals surface area contributed by atoms with E-state index < -0.39 is 0 Å². The molecule has 0 spiro atoms. The number of methoxy groups -OCH3 is 1. The van der Waals surface area contributed by atoms with Gasteiger partial charge in [0.1, 0.15) is 0 Å². The molecule has 0 radical (unpaired) electrons. The number of carbonyl (C=O) groups is 1. The summed E-state index contributed by atoms with van der Waals surface area (Å²) < 4.78 is 4.93. The number of hydrogen-bond donors (Lipinski definition) is 2. The molecule has 1 amide bonds. The fourth-order valence-electron chi connectivity index (χ4n) is 2.07. The van der Waals surface area contributed by atoms with Crippen molar-refractivity contribution >= 4 is 23.5 Å². The van der Waals surface area contributed by atoms with Crippen LogP contribution in [-0.4, -0.2) is 42.7 Å². The number of benzene rings is 1. The maximum atomic E-state index is 11.9. The van der Waals surface area contributed by atoms with Crippen LogP contribution in [0.25, 0.3) is 0 Å². The highest BCUT2D eigenvalue weighted by atomic mass is 35.5. The van der Waals surface area contributed by atoms with E-state index in [-0.39, 0.29) is 5.91 Å². The smallest absolute Gasteiger partial charge is 0.254 e. The molecular formula is C17H21ClN4O2.